The lowest BCUT2D eigenvalue weighted by Crippen LogP contribution is -2.49. The zero-order valence-electron chi connectivity index (χ0n) is 12.8. The summed E-state index contributed by atoms with van der Waals surface area (Å²) in [5.74, 6) is 0.745. The second-order valence-corrected chi connectivity index (χ2v) is 5.91. The summed E-state index contributed by atoms with van der Waals surface area (Å²) in [7, 11) is 0. The molecule has 1 aliphatic carbocycles. The summed E-state index contributed by atoms with van der Waals surface area (Å²) >= 11 is 0. The molecule has 108 valence electrons. The van der Waals surface area contributed by atoms with E-state index in [1.54, 1.807) is 0 Å². The van der Waals surface area contributed by atoms with Crippen LogP contribution >= 0.6 is 0 Å². The van der Waals surface area contributed by atoms with Gasteiger partial charge >= 0.3 is 0 Å². The molecule has 0 aliphatic heterocycles. The molecular formula is C16H34N2. The highest BCUT2D eigenvalue weighted by molar-refractivity contribution is 4.87. The van der Waals surface area contributed by atoms with Gasteiger partial charge in [-0.1, -0.05) is 46.5 Å². The molecule has 0 amide bonds. The molecule has 2 nitrogen and oxygen atoms in total. The molecule has 2 unspecified atom stereocenters. The highest BCUT2D eigenvalue weighted by Crippen LogP contribution is 2.30. The van der Waals surface area contributed by atoms with E-state index in [2.05, 4.69) is 25.7 Å². The summed E-state index contributed by atoms with van der Waals surface area (Å²) in [4.78, 5) is 2.80. The van der Waals surface area contributed by atoms with Crippen molar-refractivity contribution in [3.8, 4) is 0 Å². The lowest BCUT2D eigenvalue weighted by atomic mass is 9.82. The van der Waals surface area contributed by atoms with Gasteiger partial charge < -0.3 is 5.73 Å². The van der Waals surface area contributed by atoms with Crippen molar-refractivity contribution in [2.45, 2.75) is 84.2 Å². The molecule has 1 aliphatic rings. The topological polar surface area (TPSA) is 29.3 Å². The van der Waals surface area contributed by atoms with Gasteiger partial charge in [-0.25, -0.2) is 0 Å². The van der Waals surface area contributed by atoms with E-state index in [1.165, 1.54) is 57.9 Å². The fourth-order valence-electron chi connectivity index (χ4n) is 3.81. The van der Waals surface area contributed by atoms with Gasteiger partial charge in [-0.05, 0) is 44.7 Å². The van der Waals surface area contributed by atoms with Crippen molar-refractivity contribution < 1.29 is 0 Å². The number of nitrogens with two attached hydrogens (primary N) is 1. The molecule has 0 radical (unpaired) electrons. The fraction of sp³-hybridized carbons (Fsp3) is 1.00. The van der Waals surface area contributed by atoms with Gasteiger partial charge in [0.05, 0.1) is 0 Å². The Morgan fingerprint density at radius 2 is 1.67 bits per heavy atom. The van der Waals surface area contributed by atoms with Crippen LogP contribution in [0.25, 0.3) is 0 Å². The van der Waals surface area contributed by atoms with E-state index in [9.17, 15) is 0 Å². The molecule has 18 heavy (non-hydrogen) atoms. The number of hydrogen-bond acceptors (Lipinski definition) is 2. The molecule has 0 aromatic carbocycles. The van der Waals surface area contributed by atoms with Crippen LogP contribution in [0.3, 0.4) is 0 Å². The van der Waals surface area contributed by atoms with Crippen LogP contribution in [0.4, 0.5) is 0 Å². The molecular weight excluding hydrogens is 220 g/mol. The lowest BCUT2D eigenvalue weighted by molar-refractivity contribution is 0.0617. The van der Waals surface area contributed by atoms with E-state index in [1.807, 2.05) is 0 Å². The Hall–Kier alpha value is -0.0800. The minimum atomic E-state index is 0.745. The van der Waals surface area contributed by atoms with Gasteiger partial charge in [-0.15, -0.1) is 0 Å². The molecule has 0 heterocycles. The standard InChI is InChI=1S/C16H34N2/c1-4-9-15(10-5-2)18(6-3)16-12-8-7-11-14(16)13-17/h14-16H,4-13,17H2,1-3H3. The van der Waals surface area contributed by atoms with E-state index in [-0.39, 0.29) is 0 Å². The summed E-state index contributed by atoms with van der Waals surface area (Å²) in [6.45, 7) is 9.05. The maximum atomic E-state index is 6.01. The molecule has 0 spiro atoms. The number of nitrogens with zero attached hydrogens (tertiary/aromatic N) is 1. The van der Waals surface area contributed by atoms with Crippen LogP contribution in [0, 0.1) is 5.92 Å². The molecule has 1 saturated carbocycles. The minimum absolute atomic E-state index is 0.745. The normalized spacial score (nSPS) is 25.0. The summed E-state index contributed by atoms with van der Waals surface area (Å²) in [6, 6.07) is 1.55. The SMILES string of the molecule is CCCC(CCC)N(CC)C1CCCCC1CN. The van der Waals surface area contributed by atoms with Crippen molar-refractivity contribution in [2.75, 3.05) is 13.1 Å². The largest absolute Gasteiger partial charge is 0.330 e. The maximum absolute atomic E-state index is 6.01. The summed E-state index contributed by atoms with van der Waals surface area (Å²) in [6.07, 6.45) is 10.8. The van der Waals surface area contributed by atoms with Crippen LogP contribution in [0.15, 0.2) is 0 Å². The molecule has 0 saturated heterocycles. The van der Waals surface area contributed by atoms with Crippen molar-refractivity contribution in [1.82, 2.24) is 4.90 Å². The van der Waals surface area contributed by atoms with Crippen LogP contribution in [0.2, 0.25) is 0 Å². The van der Waals surface area contributed by atoms with Gasteiger partial charge in [0.25, 0.3) is 0 Å². The van der Waals surface area contributed by atoms with Crippen LogP contribution < -0.4 is 5.73 Å². The van der Waals surface area contributed by atoms with Crippen molar-refractivity contribution in [3.05, 3.63) is 0 Å². The van der Waals surface area contributed by atoms with Crippen LogP contribution in [-0.4, -0.2) is 30.1 Å². The van der Waals surface area contributed by atoms with E-state index in [0.717, 1.165) is 24.5 Å². The van der Waals surface area contributed by atoms with Gasteiger partial charge in [0.2, 0.25) is 0 Å². The summed E-state index contributed by atoms with van der Waals surface area (Å²) in [5.41, 5.74) is 6.01. The first kappa shape index (κ1) is 16.0. The highest BCUT2D eigenvalue weighted by Gasteiger charge is 2.31. The van der Waals surface area contributed by atoms with Crippen LogP contribution in [0.1, 0.15) is 72.1 Å². The van der Waals surface area contributed by atoms with Gasteiger partial charge in [-0.3, -0.25) is 4.90 Å². The van der Waals surface area contributed by atoms with Gasteiger partial charge in [0.15, 0.2) is 0 Å². The Kier molecular flexibility index (Phi) is 7.92. The Balaban J connectivity index is 2.70. The van der Waals surface area contributed by atoms with Gasteiger partial charge in [-0.2, -0.15) is 0 Å². The van der Waals surface area contributed by atoms with E-state index >= 15 is 0 Å². The molecule has 0 aromatic heterocycles. The minimum Gasteiger partial charge on any atom is -0.330 e. The summed E-state index contributed by atoms with van der Waals surface area (Å²) in [5, 5.41) is 0. The first-order valence-corrected chi connectivity index (χ1v) is 8.24. The third kappa shape index (κ3) is 4.24. The molecule has 1 rings (SSSR count). The van der Waals surface area contributed by atoms with Gasteiger partial charge in [0, 0.05) is 12.1 Å². The quantitative estimate of drug-likeness (QED) is 0.714. The second-order valence-electron chi connectivity index (χ2n) is 5.91. The molecule has 2 N–H and O–H groups in total. The van der Waals surface area contributed by atoms with Crippen molar-refractivity contribution in [3.63, 3.8) is 0 Å². The van der Waals surface area contributed by atoms with Crippen molar-refractivity contribution in [1.29, 1.82) is 0 Å². The fourth-order valence-corrected chi connectivity index (χ4v) is 3.81. The van der Waals surface area contributed by atoms with Crippen LogP contribution in [-0.2, 0) is 0 Å². The first-order chi connectivity index (χ1) is 8.78. The van der Waals surface area contributed by atoms with Crippen molar-refractivity contribution >= 4 is 0 Å². The number of hydrogen-bond donors (Lipinski definition) is 1. The predicted molar refractivity (Wildman–Crippen MR) is 80.8 cm³/mol. The zero-order chi connectivity index (χ0) is 13.4. The third-order valence-electron chi connectivity index (χ3n) is 4.68. The average molecular weight is 254 g/mol. The molecule has 0 aromatic rings. The summed E-state index contributed by atoms with van der Waals surface area (Å²) < 4.78 is 0. The Bertz CT molecular complexity index is 199. The molecule has 0 bridgehead atoms. The van der Waals surface area contributed by atoms with Crippen LogP contribution in [0.5, 0.6) is 0 Å². The average Bonchev–Trinajstić information content (AvgIpc) is 2.40. The Morgan fingerprint density at radius 1 is 1.06 bits per heavy atom. The molecule has 2 atom stereocenters. The van der Waals surface area contributed by atoms with E-state index in [4.69, 9.17) is 5.73 Å². The smallest absolute Gasteiger partial charge is 0.0138 e. The van der Waals surface area contributed by atoms with Gasteiger partial charge in [0.1, 0.15) is 0 Å². The van der Waals surface area contributed by atoms with E-state index < -0.39 is 0 Å². The highest BCUT2D eigenvalue weighted by atomic mass is 15.2. The monoisotopic (exact) mass is 254 g/mol. The third-order valence-corrected chi connectivity index (χ3v) is 4.68. The maximum Gasteiger partial charge on any atom is 0.0138 e. The predicted octanol–water partition coefficient (Wildman–Crippen LogP) is 3.79. The second kappa shape index (κ2) is 8.92. The lowest BCUT2D eigenvalue weighted by Gasteiger charge is -2.43. The molecule has 2 heteroatoms. The first-order valence-electron chi connectivity index (χ1n) is 8.24. The zero-order valence-corrected chi connectivity index (χ0v) is 12.8. The molecule has 1 fully saturated rings. The van der Waals surface area contributed by atoms with Crippen molar-refractivity contribution in [2.24, 2.45) is 11.7 Å². The Morgan fingerprint density at radius 3 is 2.17 bits per heavy atom. The number of rotatable bonds is 8. The Labute approximate surface area is 114 Å². The van der Waals surface area contributed by atoms with E-state index in [0.29, 0.717) is 0 Å².